The fourth-order valence-electron chi connectivity index (χ4n) is 2.78. The van der Waals surface area contributed by atoms with Crippen LogP contribution in [0.3, 0.4) is 0 Å². The molecule has 0 fully saturated rings. The predicted octanol–water partition coefficient (Wildman–Crippen LogP) is 2.97. The van der Waals surface area contributed by atoms with Crippen LogP contribution in [-0.2, 0) is 15.8 Å². The first-order chi connectivity index (χ1) is 13.2. The van der Waals surface area contributed by atoms with Gasteiger partial charge in [-0.25, -0.2) is 4.98 Å². The van der Waals surface area contributed by atoms with Crippen molar-refractivity contribution >= 4 is 35.1 Å². The summed E-state index contributed by atoms with van der Waals surface area (Å²) in [7, 11) is 0. The molecule has 1 aromatic carbocycles. The molecular formula is C17H15F3N4O3S. The molecule has 7 nitrogen and oxygen atoms in total. The van der Waals surface area contributed by atoms with Crippen molar-refractivity contribution in [1.29, 1.82) is 0 Å². The molecule has 1 aliphatic heterocycles. The maximum atomic E-state index is 12.8. The number of nitrogens with zero attached hydrogens (tertiary/aromatic N) is 1. The van der Waals surface area contributed by atoms with Crippen LogP contribution < -0.4 is 16.2 Å². The van der Waals surface area contributed by atoms with Gasteiger partial charge in [-0.3, -0.25) is 14.4 Å². The number of fused-ring (bicyclic) bond motifs is 1. The topological polar surface area (TPSA) is 104 Å². The number of hydrogen-bond acceptors (Lipinski definition) is 5. The number of H-pyrrole nitrogens is 1. The van der Waals surface area contributed by atoms with E-state index in [1.54, 1.807) is 0 Å². The highest BCUT2D eigenvalue weighted by Gasteiger charge is 2.35. The van der Waals surface area contributed by atoms with Crippen molar-refractivity contribution in [2.24, 2.45) is 0 Å². The molecule has 2 aromatic rings. The van der Waals surface area contributed by atoms with Gasteiger partial charge in [0.25, 0.3) is 5.56 Å². The van der Waals surface area contributed by atoms with Gasteiger partial charge in [-0.15, -0.1) is 0 Å². The fraction of sp³-hybridized carbons (Fsp3) is 0.294. The minimum absolute atomic E-state index is 0.0138. The number of alkyl halides is 3. The lowest BCUT2D eigenvalue weighted by Crippen LogP contribution is -2.36. The van der Waals surface area contributed by atoms with Crippen molar-refractivity contribution in [3.8, 4) is 0 Å². The zero-order valence-electron chi connectivity index (χ0n) is 14.5. The van der Waals surface area contributed by atoms with E-state index in [-0.39, 0.29) is 23.5 Å². The molecule has 0 saturated heterocycles. The average molecular weight is 412 g/mol. The number of thioether (sulfide) groups is 1. The molecule has 0 radical (unpaired) electrons. The Labute approximate surface area is 161 Å². The molecule has 2 amide bonds. The van der Waals surface area contributed by atoms with Crippen molar-refractivity contribution in [3.05, 3.63) is 45.7 Å². The molecule has 1 aromatic heterocycles. The van der Waals surface area contributed by atoms with Gasteiger partial charge in [-0.05, 0) is 24.0 Å². The molecule has 3 rings (SSSR count). The van der Waals surface area contributed by atoms with Gasteiger partial charge >= 0.3 is 6.18 Å². The maximum Gasteiger partial charge on any atom is 0.416 e. The molecular weight excluding hydrogens is 397 g/mol. The van der Waals surface area contributed by atoms with E-state index < -0.39 is 35.0 Å². The third kappa shape index (κ3) is 4.19. The van der Waals surface area contributed by atoms with Gasteiger partial charge in [0, 0.05) is 12.1 Å². The molecule has 0 aliphatic carbocycles. The average Bonchev–Trinajstić information content (AvgIpc) is 2.60. The molecule has 0 bridgehead atoms. The Morgan fingerprint density at radius 3 is 2.79 bits per heavy atom. The molecule has 1 atom stereocenters. The number of aromatic amines is 1. The number of aromatic nitrogens is 2. The fourth-order valence-corrected chi connectivity index (χ4v) is 3.38. The minimum Gasteiger partial charge on any atom is -0.326 e. The van der Waals surface area contributed by atoms with Gasteiger partial charge in [-0.1, -0.05) is 24.8 Å². The SMILES string of the molecule is CCSc1nc2c(c(=O)[nH]1)[C@H](C(=O)Nc1cccc(C(F)(F)F)c1)CC(=O)N2. The van der Waals surface area contributed by atoms with Crippen LogP contribution in [0.1, 0.15) is 30.4 Å². The van der Waals surface area contributed by atoms with Crippen LogP contribution in [-0.4, -0.2) is 27.5 Å². The van der Waals surface area contributed by atoms with E-state index >= 15 is 0 Å². The second-order valence-corrected chi connectivity index (χ2v) is 7.19. The van der Waals surface area contributed by atoms with Crippen LogP contribution >= 0.6 is 11.8 Å². The maximum absolute atomic E-state index is 12.8. The van der Waals surface area contributed by atoms with Crippen LogP contribution in [0.15, 0.2) is 34.2 Å². The van der Waals surface area contributed by atoms with Gasteiger partial charge in [0.15, 0.2) is 5.16 Å². The van der Waals surface area contributed by atoms with Crippen molar-refractivity contribution in [2.75, 3.05) is 16.4 Å². The summed E-state index contributed by atoms with van der Waals surface area (Å²) in [4.78, 5) is 43.7. The zero-order chi connectivity index (χ0) is 20.5. The van der Waals surface area contributed by atoms with Gasteiger partial charge in [0.1, 0.15) is 5.82 Å². The molecule has 0 saturated carbocycles. The molecule has 28 heavy (non-hydrogen) atoms. The van der Waals surface area contributed by atoms with Crippen LogP contribution in [0.5, 0.6) is 0 Å². The summed E-state index contributed by atoms with van der Waals surface area (Å²) < 4.78 is 38.5. The third-order valence-corrected chi connectivity index (χ3v) is 4.74. The first-order valence-corrected chi connectivity index (χ1v) is 9.22. The summed E-state index contributed by atoms with van der Waals surface area (Å²) in [6, 6.07) is 4.11. The summed E-state index contributed by atoms with van der Waals surface area (Å²) in [6.07, 6.45) is -4.88. The lowest BCUT2D eigenvalue weighted by molar-refractivity contribution is -0.137. The standard InChI is InChI=1S/C17H15F3N4O3S/c1-2-28-16-23-13-12(15(27)24-16)10(7-11(25)22-13)14(26)21-9-5-3-4-8(6-9)17(18,19)20/h3-6,10H,2,7H2,1H3,(H,21,26)(H2,22,23,24,25,27)/t10-/m1/s1. The van der Waals surface area contributed by atoms with E-state index in [0.717, 1.165) is 18.2 Å². The van der Waals surface area contributed by atoms with E-state index in [1.807, 2.05) is 6.92 Å². The second kappa shape index (κ2) is 7.66. The highest BCUT2D eigenvalue weighted by molar-refractivity contribution is 7.99. The van der Waals surface area contributed by atoms with E-state index in [2.05, 4.69) is 20.6 Å². The first kappa shape index (κ1) is 19.9. The highest BCUT2D eigenvalue weighted by Crippen LogP contribution is 2.32. The monoisotopic (exact) mass is 412 g/mol. The van der Waals surface area contributed by atoms with Crippen LogP contribution in [0.25, 0.3) is 0 Å². The van der Waals surface area contributed by atoms with Crippen molar-refractivity contribution in [2.45, 2.75) is 30.6 Å². The molecule has 2 heterocycles. The molecule has 1 aliphatic rings. The number of halogens is 3. The van der Waals surface area contributed by atoms with E-state index in [4.69, 9.17) is 0 Å². The summed E-state index contributed by atoms with van der Waals surface area (Å²) in [5.41, 5.74) is -1.61. The zero-order valence-corrected chi connectivity index (χ0v) is 15.3. The predicted molar refractivity (Wildman–Crippen MR) is 97.3 cm³/mol. The summed E-state index contributed by atoms with van der Waals surface area (Å²) in [5.74, 6) is -1.83. The summed E-state index contributed by atoms with van der Waals surface area (Å²) >= 11 is 1.25. The molecule has 0 spiro atoms. The van der Waals surface area contributed by atoms with Crippen LogP contribution in [0.4, 0.5) is 24.7 Å². The van der Waals surface area contributed by atoms with Crippen molar-refractivity contribution < 1.29 is 22.8 Å². The normalized spacial score (nSPS) is 16.3. The van der Waals surface area contributed by atoms with Gasteiger partial charge < -0.3 is 15.6 Å². The smallest absolute Gasteiger partial charge is 0.326 e. The second-order valence-electron chi connectivity index (χ2n) is 5.94. The Kier molecular flexibility index (Phi) is 5.45. The van der Waals surface area contributed by atoms with Gasteiger partial charge in [0.2, 0.25) is 11.8 Å². The van der Waals surface area contributed by atoms with E-state index in [9.17, 15) is 27.6 Å². The third-order valence-electron chi connectivity index (χ3n) is 3.98. The lowest BCUT2D eigenvalue weighted by atomic mass is 9.92. The molecule has 3 N–H and O–H groups in total. The number of carbonyl (C=O) groups excluding carboxylic acids is 2. The molecule has 148 valence electrons. The molecule has 0 unspecified atom stereocenters. The number of anilines is 2. The van der Waals surface area contributed by atoms with Crippen LogP contribution in [0.2, 0.25) is 0 Å². The Morgan fingerprint density at radius 1 is 1.36 bits per heavy atom. The number of amides is 2. The molecule has 11 heteroatoms. The van der Waals surface area contributed by atoms with Gasteiger partial charge in [0.05, 0.1) is 17.0 Å². The Morgan fingerprint density at radius 2 is 2.11 bits per heavy atom. The minimum atomic E-state index is -4.56. The number of hydrogen-bond donors (Lipinski definition) is 3. The largest absolute Gasteiger partial charge is 0.416 e. The van der Waals surface area contributed by atoms with E-state index in [1.165, 1.54) is 17.8 Å². The summed E-state index contributed by atoms with van der Waals surface area (Å²) in [6.45, 7) is 1.86. The van der Waals surface area contributed by atoms with Crippen LogP contribution in [0, 0.1) is 0 Å². The Balaban J connectivity index is 1.92. The van der Waals surface area contributed by atoms with Crippen molar-refractivity contribution in [3.63, 3.8) is 0 Å². The van der Waals surface area contributed by atoms with Crippen molar-refractivity contribution in [1.82, 2.24) is 9.97 Å². The quantitative estimate of drug-likeness (QED) is 0.529. The van der Waals surface area contributed by atoms with E-state index in [0.29, 0.717) is 10.9 Å². The lowest BCUT2D eigenvalue weighted by Gasteiger charge is -2.23. The number of benzene rings is 1. The summed E-state index contributed by atoms with van der Waals surface area (Å²) in [5, 5.41) is 5.11. The number of nitrogens with one attached hydrogen (secondary N) is 3. The van der Waals surface area contributed by atoms with Gasteiger partial charge in [-0.2, -0.15) is 13.2 Å². The highest BCUT2D eigenvalue weighted by atomic mass is 32.2. The Hall–Kier alpha value is -2.82. The number of rotatable bonds is 4. The number of carbonyl (C=O) groups is 2. The first-order valence-electron chi connectivity index (χ1n) is 8.24. The Bertz CT molecular complexity index is 990.